The molecule has 1 aliphatic heterocycles. The van der Waals surface area contributed by atoms with Gasteiger partial charge in [0.2, 0.25) is 5.56 Å². The van der Waals surface area contributed by atoms with Gasteiger partial charge in [-0.05, 0) is 12.5 Å². The molecular weight excluding hydrogens is 180 g/mol. The second-order valence-corrected chi connectivity index (χ2v) is 3.49. The number of pyridine rings is 1. The average molecular weight is 194 g/mol. The van der Waals surface area contributed by atoms with Crippen LogP contribution in [0.3, 0.4) is 0 Å². The molecule has 0 radical (unpaired) electrons. The molecule has 2 heterocycles. The molecular formula is C10H14N2O2. The van der Waals surface area contributed by atoms with E-state index in [1.54, 1.807) is 13.2 Å². The summed E-state index contributed by atoms with van der Waals surface area (Å²) in [5.74, 6) is 0.886. The second kappa shape index (κ2) is 3.84. The highest BCUT2D eigenvalue weighted by molar-refractivity contribution is 5.39. The molecule has 1 atom stereocenters. The quantitative estimate of drug-likeness (QED) is 0.750. The first-order valence-corrected chi connectivity index (χ1v) is 4.76. The molecule has 0 bridgehead atoms. The van der Waals surface area contributed by atoms with Crippen LogP contribution in [0.5, 0.6) is 0 Å². The summed E-state index contributed by atoms with van der Waals surface area (Å²) in [7, 11) is 1.72. The Morgan fingerprint density at radius 3 is 3.07 bits per heavy atom. The fraction of sp³-hybridized carbons (Fsp3) is 0.500. The van der Waals surface area contributed by atoms with Crippen LogP contribution in [0.15, 0.2) is 23.0 Å². The van der Waals surface area contributed by atoms with Crippen molar-refractivity contribution in [2.75, 3.05) is 25.1 Å². The molecule has 1 unspecified atom stereocenters. The van der Waals surface area contributed by atoms with Crippen LogP contribution in [-0.2, 0) is 4.74 Å². The predicted molar refractivity (Wildman–Crippen MR) is 54.7 cm³/mol. The molecule has 4 heteroatoms. The summed E-state index contributed by atoms with van der Waals surface area (Å²) >= 11 is 0. The number of aromatic nitrogens is 1. The molecule has 1 aliphatic rings. The van der Waals surface area contributed by atoms with Gasteiger partial charge in [0.1, 0.15) is 5.82 Å². The summed E-state index contributed by atoms with van der Waals surface area (Å²) in [6.07, 6.45) is 1.31. The van der Waals surface area contributed by atoms with Gasteiger partial charge in [-0.1, -0.05) is 6.07 Å². The van der Waals surface area contributed by atoms with E-state index in [1.165, 1.54) is 6.07 Å². The number of ether oxygens (including phenoxy) is 1. The Bertz CT molecular complexity index is 361. The molecule has 1 N–H and O–H groups in total. The average Bonchev–Trinajstić information content (AvgIpc) is 2.66. The van der Waals surface area contributed by atoms with E-state index in [0.29, 0.717) is 6.10 Å². The molecule has 1 saturated heterocycles. The molecule has 76 valence electrons. The molecule has 0 saturated carbocycles. The van der Waals surface area contributed by atoms with Gasteiger partial charge in [0.15, 0.2) is 0 Å². The predicted octanol–water partition coefficient (Wildman–Crippen LogP) is 0.600. The minimum Gasteiger partial charge on any atom is -0.380 e. The third-order valence-electron chi connectivity index (χ3n) is 2.57. The van der Waals surface area contributed by atoms with Gasteiger partial charge in [0.05, 0.1) is 6.10 Å². The van der Waals surface area contributed by atoms with Crippen molar-refractivity contribution in [1.82, 2.24) is 4.98 Å². The van der Waals surface area contributed by atoms with Crippen molar-refractivity contribution < 1.29 is 4.74 Å². The molecule has 2 rings (SSSR count). The van der Waals surface area contributed by atoms with Crippen molar-refractivity contribution in [3.05, 3.63) is 28.6 Å². The van der Waals surface area contributed by atoms with Crippen molar-refractivity contribution in [3.63, 3.8) is 0 Å². The monoisotopic (exact) mass is 194 g/mol. The number of hydrogen-bond donors (Lipinski definition) is 1. The zero-order chi connectivity index (χ0) is 9.97. The van der Waals surface area contributed by atoms with Crippen LogP contribution in [0, 0.1) is 0 Å². The zero-order valence-corrected chi connectivity index (χ0v) is 8.19. The summed E-state index contributed by atoms with van der Waals surface area (Å²) in [5, 5.41) is 0. The van der Waals surface area contributed by atoms with Gasteiger partial charge in [-0.15, -0.1) is 0 Å². The van der Waals surface area contributed by atoms with Gasteiger partial charge in [0.25, 0.3) is 0 Å². The Balaban J connectivity index is 2.13. The number of hydrogen-bond acceptors (Lipinski definition) is 3. The van der Waals surface area contributed by atoms with E-state index in [-0.39, 0.29) is 5.56 Å². The highest BCUT2D eigenvalue weighted by Crippen LogP contribution is 2.17. The first kappa shape index (κ1) is 9.27. The number of rotatable bonds is 2. The van der Waals surface area contributed by atoms with Gasteiger partial charge in [-0.25, -0.2) is 0 Å². The van der Waals surface area contributed by atoms with E-state index < -0.39 is 0 Å². The Labute approximate surface area is 82.5 Å². The molecule has 0 spiro atoms. The van der Waals surface area contributed by atoms with Crippen molar-refractivity contribution in [2.24, 2.45) is 0 Å². The van der Waals surface area contributed by atoms with Crippen molar-refractivity contribution in [2.45, 2.75) is 12.5 Å². The fourth-order valence-corrected chi connectivity index (χ4v) is 1.76. The smallest absolute Gasteiger partial charge is 0.249 e. The van der Waals surface area contributed by atoms with Crippen LogP contribution in [-0.4, -0.2) is 31.3 Å². The largest absolute Gasteiger partial charge is 0.380 e. The van der Waals surface area contributed by atoms with Crippen molar-refractivity contribution >= 4 is 5.82 Å². The molecule has 0 aromatic carbocycles. The van der Waals surface area contributed by atoms with Crippen LogP contribution in [0.1, 0.15) is 6.42 Å². The van der Waals surface area contributed by atoms with Crippen LogP contribution in [0.2, 0.25) is 0 Å². The lowest BCUT2D eigenvalue weighted by Gasteiger charge is -2.17. The maximum atomic E-state index is 11.1. The number of aromatic amines is 1. The maximum Gasteiger partial charge on any atom is 0.249 e. The van der Waals surface area contributed by atoms with Crippen molar-refractivity contribution in [3.8, 4) is 0 Å². The lowest BCUT2D eigenvalue weighted by atomic mass is 10.3. The van der Waals surface area contributed by atoms with E-state index in [4.69, 9.17) is 4.74 Å². The summed E-state index contributed by atoms with van der Waals surface area (Å²) in [5.41, 5.74) is -0.0524. The van der Waals surface area contributed by atoms with Gasteiger partial charge in [-0.2, -0.15) is 0 Å². The Morgan fingerprint density at radius 1 is 1.57 bits per heavy atom. The molecule has 1 aromatic rings. The lowest BCUT2D eigenvalue weighted by molar-refractivity contribution is 0.121. The van der Waals surface area contributed by atoms with E-state index in [9.17, 15) is 4.79 Å². The molecule has 4 nitrogen and oxygen atoms in total. The SMILES string of the molecule is COC1CCN(c2cccc(=O)[nH]2)C1. The minimum atomic E-state index is -0.0524. The first-order chi connectivity index (χ1) is 6.79. The zero-order valence-electron chi connectivity index (χ0n) is 8.19. The molecule has 0 amide bonds. The number of nitrogens with one attached hydrogen (secondary N) is 1. The van der Waals surface area contributed by atoms with E-state index in [0.717, 1.165) is 25.3 Å². The van der Waals surface area contributed by atoms with Gasteiger partial charge >= 0.3 is 0 Å². The topological polar surface area (TPSA) is 45.3 Å². The van der Waals surface area contributed by atoms with E-state index in [1.807, 2.05) is 6.07 Å². The van der Waals surface area contributed by atoms with Crippen LogP contribution in [0.4, 0.5) is 5.82 Å². The molecule has 1 fully saturated rings. The minimum absolute atomic E-state index is 0.0524. The van der Waals surface area contributed by atoms with Gasteiger partial charge in [-0.3, -0.25) is 4.79 Å². The maximum absolute atomic E-state index is 11.1. The lowest BCUT2D eigenvalue weighted by Crippen LogP contribution is -2.24. The number of anilines is 1. The third kappa shape index (κ3) is 1.80. The molecule has 0 aliphatic carbocycles. The number of nitrogens with zero attached hydrogens (tertiary/aromatic N) is 1. The highest BCUT2D eigenvalue weighted by Gasteiger charge is 2.22. The Kier molecular flexibility index (Phi) is 2.54. The molecule has 1 aromatic heterocycles. The first-order valence-electron chi connectivity index (χ1n) is 4.76. The second-order valence-electron chi connectivity index (χ2n) is 3.49. The van der Waals surface area contributed by atoms with E-state index in [2.05, 4.69) is 9.88 Å². The van der Waals surface area contributed by atoms with Gasteiger partial charge in [0, 0.05) is 26.3 Å². The van der Waals surface area contributed by atoms with Crippen LogP contribution >= 0.6 is 0 Å². The Morgan fingerprint density at radius 2 is 2.43 bits per heavy atom. The van der Waals surface area contributed by atoms with E-state index >= 15 is 0 Å². The van der Waals surface area contributed by atoms with Crippen LogP contribution in [0.25, 0.3) is 0 Å². The highest BCUT2D eigenvalue weighted by atomic mass is 16.5. The number of methoxy groups -OCH3 is 1. The summed E-state index contributed by atoms with van der Waals surface area (Å²) in [6, 6.07) is 5.21. The standard InChI is InChI=1S/C10H14N2O2/c1-14-8-5-6-12(7-8)9-3-2-4-10(13)11-9/h2-4,8H,5-7H2,1H3,(H,11,13). The van der Waals surface area contributed by atoms with Crippen LogP contribution < -0.4 is 10.5 Å². The third-order valence-corrected chi connectivity index (χ3v) is 2.57. The number of H-pyrrole nitrogens is 1. The molecule has 14 heavy (non-hydrogen) atoms. The normalized spacial score (nSPS) is 21.5. The summed E-state index contributed by atoms with van der Waals surface area (Å²) < 4.78 is 5.26. The summed E-state index contributed by atoms with van der Waals surface area (Å²) in [4.78, 5) is 16.0. The Hall–Kier alpha value is -1.29. The van der Waals surface area contributed by atoms with Gasteiger partial charge < -0.3 is 14.6 Å². The summed E-state index contributed by atoms with van der Waals surface area (Å²) in [6.45, 7) is 1.80. The fourth-order valence-electron chi connectivity index (χ4n) is 1.76. The van der Waals surface area contributed by atoms with Crippen molar-refractivity contribution in [1.29, 1.82) is 0 Å².